The lowest BCUT2D eigenvalue weighted by Crippen LogP contribution is -2.50. The van der Waals surface area contributed by atoms with Crippen LogP contribution in [0.4, 0.5) is 5.82 Å². The molecule has 2 aromatic heterocycles. The zero-order chi connectivity index (χ0) is 19.2. The van der Waals surface area contributed by atoms with Crippen molar-refractivity contribution in [2.24, 2.45) is 0 Å². The normalized spacial score (nSPS) is 14.3. The van der Waals surface area contributed by atoms with Gasteiger partial charge >= 0.3 is 0 Å². The standard InChI is InChI=1S/C18H23N5O4/c1-13-20-14(12-16(21-13)19-5-11-26-2)17(24)22-6-8-23(9-7-22)18(25)15-4-3-10-27-15/h3-4,10,12H,5-9,11H2,1-2H3,(H,19,20,21). The number of carbonyl (C=O) groups excluding carboxylic acids is 2. The van der Waals surface area contributed by atoms with Crippen LogP contribution in [0.2, 0.25) is 0 Å². The van der Waals surface area contributed by atoms with Gasteiger partial charge in [0.05, 0.1) is 12.9 Å². The number of hydrogen-bond donors (Lipinski definition) is 1. The van der Waals surface area contributed by atoms with E-state index in [2.05, 4.69) is 15.3 Å². The highest BCUT2D eigenvalue weighted by Crippen LogP contribution is 2.13. The highest BCUT2D eigenvalue weighted by atomic mass is 16.5. The van der Waals surface area contributed by atoms with E-state index in [0.717, 1.165) is 0 Å². The summed E-state index contributed by atoms with van der Waals surface area (Å²) in [5.74, 6) is 1.10. The Bertz CT molecular complexity index is 785. The lowest BCUT2D eigenvalue weighted by Gasteiger charge is -2.34. The summed E-state index contributed by atoms with van der Waals surface area (Å²) in [6.45, 7) is 4.68. The molecule has 3 rings (SSSR count). The number of carbonyl (C=O) groups is 2. The molecule has 0 atom stereocenters. The Balaban J connectivity index is 1.61. The number of methoxy groups -OCH3 is 1. The van der Waals surface area contributed by atoms with Crippen molar-refractivity contribution in [3.05, 3.63) is 41.7 Å². The van der Waals surface area contributed by atoms with Crippen LogP contribution in [0.5, 0.6) is 0 Å². The van der Waals surface area contributed by atoms with Crippen molar-refractivity contribution >= 4 is 17.6 Å². The van der Waals surface area contributed by atoms with Crippen LogP contribution in [0, 0.1) is 6.92 Å². The Hall–Kier alpha value is -2.94. The molecule has 3 heterocycles. The molecule has 2 amide bonds. The third-order valence-electron chi connectivity index (χ3n) is 4.26. The fraction of sp³-hybridized carbons (Fsp3) is 0.444. The third kappa shape index (κ3) is 4.62. The first-order chi connectivity index (χ1) is 13.1. The molecule has 0 radical (unpaired) electrons. The first-order valence-corrected chi connectivity index (χ1v) is 8.79. The van der Waals surface area contributed by atoms with Gasteiger partial charge in [-0.3, -0.25) is 9.59 Å². The van der Waals surface area contributed by atoms with Crippen molar-refractivity contribution in [3.8, 4) is 0 Å². The highest BCUT2D eigenvalue weighted by molar-refractivity contribution is 5.94. The van der Waals surface area contributed by atoms with E-state index in [1.165, 1.54) is 6.26 Å². The smallest absolute Gasteiger partial charge is 0.289 e. The summed E-state index contributed by atoms with van der Waals surface area (Å²) in [5, 5.41) is 3.11. The molecule has 9 heteroatoms. The number of piperazine rings is 1. The molecule has 1 fully saturated rings. The number of furan rings is 1. The molecule has 1 aliphatic heterocycles. The van der Waals surface area contributed by atoms with Gasteiger partial charge in [-0.25, -0.2) is 9.97 Å². The van der Waals surface area contributed by atoms with E-state index in [9.17, 15) is 9.59 Å². The predicted octanol–water partition coefficient (Wildman–Crippen LogP) is 1.03. The van der Waals surface area contributed by atoms with Gasteiger partial charge in [0, 0.05) is 45.9 Å². The SMILES string of the molecule is COCCNc1cc(C(=O)N2CCN(C(=O)c3ccco3)CC2)nc(C)n1. The van der Waals surface area contributed by atoms with Crippen molar-refractivity contribution < 1.29 is 18.7 Å². The highest BCUT2D eigenvalue weighted by Gasteiger charge is 2.27. The Labute approximate surface area is 157 Å². The van der Waals surface area contributed by atoms with Crippen LogP contribution >= 0.6 is 0 Å². The number of nitrogens with zero attached hydrogens (tertiary/aromatic N) is 4. The molecular weight excluding hydrogens is 350 g/mol. The minimum absolute atomic E-state index is 0.158. The fourth-order valence-electron chi connectivity index (χ4n) is 2.88. The van der Waals surface area contributed by atoms with E-state index in [1.807, 2.05) is 0 Å². The third-order valence-corrected chi connectivity index (χ3v) is 4.26. The summed E-state index contributed by atoms with van der Waals surface area (Å²) in [4.78, 5) is 37.0. The Morgan fingerprint density at radius 1 is 1.19 bits per heavy atom. The van der Waals surface area contributed by atoms with E-state index >= 15 is 0 Å². The molecule has 1 aliphatic rings. The number of anilines is 1. The lowest BCUT2D eigenvalue weighted by molar-refractivity contribution is 0.0515. The number of nitrogens with one attached hydrogen (secondary N) is 1. The van der Waals surface area contributed by atoms with Gasteiger partial charge in [0.15, 0.2) is 5.76 Å². The van der Waals surface area contributed by atoms with Crippen LogP contribution in [0.25, 0.3) is 0 Å². The minimum Gasteiger partial charge on any atom is -0.459 e. The largest absolute Gasteiger partial charge is 0.459 e. The molecule has 0 aromatic carbocycles. The Morgan fingerprint density at radius 2 is 1.89 bits per heavy atom. The van der Waals surface area contributed by atoms with Gasteiger partial charge in [0.2, 0.25) is 0 Å². The molecule has 9 nitrogen and oxygen atoms in total. The second-order valence-corrected chi connectivity index (χ2v) is 6.17. The Kier molecular flexibility index (Phi) is 6.02. The summed E-state index contributed by atoms with van der Waals surface area (Å²) in [6, 6.07) is 4.97. The maximum atomic E-state index is 12.8. The van der Waals surface area contributed by atoms with Crippen molar-refractivity contribution in [3.63, 3.8) is 0 Å². The van der Waals surface area contributed by atoms with Gasteiger partial charge in [-0.1, -0.05) is 0 Å². The topological polar surface area (TPSA) is 101 Å². The Morgan fingerprint density at radius 3 is 2.52 bits per heavy atom. The van der Waals surface area contributed by atoms with Gasteiger partial charge in [0.1, 0.15) is 17.3 Å². The van der Waals surface area contributed by atoms with Gasteiger partial charge in [-0.15, -0.1) is 0 Å². The average Bonchev–Trinajstić information content (AvgIpc) is 3.21. The van der Waals surface area contributed by atoms with Gasteiger partial charge < -0.3 is 24.3 Å². The van der Waals surface area contributed by atoms with Crippen molar-refractivity contribution in [2.45, 2.75) is 6.92 Å². The maximum absolute atomic E-state index is 12.8. The molecule has 144 valence electrons. The number of aromatic nitrogens is 2. The summed E-state index contributed by atoms with van der Waals surface area (Å²) in [6.07, 6.45) is 1.47. The van der Waals surface area contributed by atoms with Crippen LogP contribution in [-0.2, 0) is 4.74 Å². The van der Waals surface area contributed by atoms with Crippen molar-refractivity contribution in [2.75, 3.05) is 51.8 Å². The molecule has 2 aromatic rings. The van der Waals surface area contributed by atoms with Crippen LogP contribution in [0.15, 0.2) is 28.9 Å². The molecular formula is C18H23N5O4. The van der Waals surface area contributed by atoms with Crippen molar-refractivity contribution in [1.82, 2.24) is 19.8 Å². The second kappa shape index (κ2) is 8.63. The molecule has 1 N–H and O–H groups in total. The average molecular weight is 373 g/mol. The van der Waals surface area contributed by atoms with E-state index in [0.29, 0.717) is 62.4 Å². The molecule has 0 saturated carbocycles. The van der Waals surface area contributed by atoms with Crippen LogP contribution in [-0.4, -0.2) is 78.0 Å². The monoisotopic (exact) mass is 373 g/mol. The summed E-state index contributed by atoms with van der Waals surface area (Å²) < 4.78 is 10.2. The van der Waals surface area contributed by atoms with E-state index in [4.69, 9.17) is 9.15 Å². The minimum atomic E-state index is -0.166. The van der Waals surface area contributed by atoms with Gasteiger partial charge in [0.25, 0.3) is 11.8 Å². The fourth-order valence-corrected chi connectivity index (χ4v) is 2.88. The molecule has 0 bridgehead atoms. The summed E-state index contributed by atoms with van der Waals surface area (Å²) in [7, 11) is 1.62. The first-order valence-electron chi connectivity index (χ1n) is 8.79. The number of amides is 2. The summed E-state index contributed by atoms with van der Waals surface area (Å²) >= 11 is 0. The molecule has 0 aliphatic carbocycles. The van der Waals surface area contributed by atoms with Crippen LogP contribution in [0.3, 0.4) is 0 Å². The van der Waals surface area contributed by atoms with Crippen molar-refractivity contribution in [1.29, 1.82) is 0 Å². The van der Waals surface area contributed by atoms with Crippen LogP contribution < -0.4 is 5.32 Å². The van der Waals surface area contributed by atoms with Gasteiger partial charge in [-0.05, 0) is 19.1 Å². The quantitative estimate of drug-likeness (QED) is 0.755. The maximum Gasteiger partial charge on any atom is 0.289 e. The zero-order valence-corrected chi connectivity index (χ0v) is 15.5. The molecule has 0 spiro atoms. The van der Waals surface area contributed by atoms with E-state index in [1.54, 1.807) is 42.0 Å². The lowest BCUT2D eigenvalue weighted by atomic mass is 10.2. The number of rotatable bonds is 6. The van der Waals surface area contributed by atoms with Gasteiger partial charge in [-0.2, -0.15) is 0 Å². The summed E-state index contributed by atoms with van der Waals surface area (Å²) in [5.41, 5.74) is 0.341. The predicted molar refractivity (Wildman–Crippen MR) is 97.6 cm³/mol. The zero-order valence-electron chi connectivity index (χ0n) is 15.5. The molecule has 0 unspecified atom stereocenters. The number of hydrogen-bond acceptors (Lipinski definition) is 7. The van der Waals surface area contributed by atoms with E-state index < -0.39 is 0 Å². The number of ether oxygens (including phenoxy) is 1. The first kappa shape index (κ1) is 18.8. The van der Waals surface area contributed by atoms with E-state index in [-0.39, 0.29) is 11.8 Å². The second-order valence-electron chi connectivity index (χ2n) is 6.17. The number of aryl methyl sites for hydroxylation is 1. The molecule has 1 saturated heterocycles. The van der Waals surface area contributed by atoms with Crippen LogP contribution in [0.1, 0.15) is 26.9 Å². The molecule has 27 heavy (non-hydrogen) atoms.